The molecule has 20 heavy (non-hydrogen) atoms. The molecule has 0 amide bonds. The minimum atomic E-state index is 0.689. The van der Waals surface area contributed by atoms with Gasteiger partial charge < -0.3 is 15.0 Å². The zero-order chi connectivity index (χ0) is 14.8. The molecule has 1 heterocycles. The largest absolute Gasteiger partial charge is 0.383 e. The van der Waals surface area contributed by atoms with Gasteiger partial charge >= 0.3 is 0 Å². The van der Waals surface area contributed by atoms with Crippen LogP contribution in [0.1, 0.15) is 25.1 Å². The van der Waals surface area contributed by atoms with Gasteiger partial charge in [-0.25, -0.2) is 4.98 Å². The molecular weight excluding hydrogens is 250 g/mol. The van der Waals surface area contributed by atoms with E-state index in [-0.39, 0.29) is 0 Å². The van der Waals surface area contributed by atoms with Crippen molar-refractivity contribution in [3.8, 4) is 0 Å². The Morgan fingerprint density at radius 3 is 2.80 bits per heavy atom. The van der Waals surface area contributed by atoms with E-state index < -0.39 is 0 Å². The van der Waals surface area contributed by atoms with Crippen LogP contribution in [0, 0.1) is 0 Å². The topological polar surface area (TPSA) is 37.4 Å². The number of nitrogens with one attached hydrogen (secondary N) is 1. The van der Waals surface area contributed by atoms with Gasteiger partial charge in [0.1, 0.15) is 5.82 Å². The predicted molar refractivity (Wildman–Crippen MR) is 85.3 cm³/mol. The van der Waals surface area contributed by atoms with E-state index in [4.69, 9.17) is 9.72 Å². The second-order valence-electron chi connectivity index (χ2n) is 4.69. The van der Waals surface area contributed by atoms with Gasteiger partial charge in [0.2, 0.25) is 0 Å². The Morgan fingerprint density at radius 2 is 2.20 bits per heavy atom. The van der Waals surface area contributed by atoms with Crippen LogP contribution in [0.5, 0.6) is 0 Å². The van der Waals surface area contributed by atoms with Gasteiger partial charge in [-0.05, 0) is 30.7 Å². The van der Waals surface area contributed by atoms with Crippen molar-refractivity contribution in [2.75, 3.05) is 38.3 Å². The summed E-state index contributed by atoms with van der Waals surface area (Å²) in [6.07, 6.45) is 2.85. The lowest BCUT2D eigenvalue weighted by molar-refractivity contribution is 0.205. The Balaban J connectivity index is 2.95. The van der Waals surface area contributed by atoms with Crippen molar-refractivity contribution >= 4 is 5.82 Å². The lowest BCUT2D eigenvalue weighted by Crippen LogP contribution is -2.28. The van der Waals surface area contributed by atoms with Gasteiger partial charge in [-0.2, -0.15) is 0 Å². The fraction of sp³-hybridized carbons (Fsp3) is 0.562. The molecule has 4 nitrogen and oxygen atoms in total. The summed E-state index contributed by atoms with van der Waals surface area (Å²) in [6, 6.07) is 4.33. The molecule has 1 rings (SSSR count). The summed E-state index contributed by atoms with van der Waals surface area (Å²) in [6.45, 7) is 12.2. The first-order valence-corrected chi connectivity index (χ1v) is 7.30. The van der Waals surface area contributed by atoms with Crippen LogP contribution in [0.25, 0.3) is 0 Å². The van der Waals surface area contributed by atoms with E-state index in [1.54, 1.807) is 7.11 Å². The van der Waals surface area contributed by atoms with E-state index in [0.717, 1.165) is 44.1 Å². The molecular formula is C16H27N3O. The van der Waals surface area contributed by atoms with Crippen LogP contribution in [0.15, 0.2) is 24.8 Å². The summed E-state index contributed by atoms with van der Waals surface area (Å²) in [5.41, 5.74) is 2.40. The van der Waals surface area contributed by atoms with E-state index >= 15 is 0 Å². The summed E-state index contributed by atoms with van der Waals surface area (Å²) in [4.78, 5) is 6.93. The van der Waals surface area contributed by atoms with Gasteiger partial charge in [-0.15, -0.1) is 6.58 Å². The molecule has 0 fully saturated rings. The molecule has 1 aromatic rings. The zero-order valence-electron chi connectivity index (χ0n) is 13.0. The highest BCUT2D eigenvalue weighted by molar-refractivity contribution is 5.43. The number of methoxy groups -OCH3 is 1. The Bertz CT molecular complexity index is 407. The van der Waals surface area contributed by atoms with Crippen LogP contribution in [-0.2, 0) is 17.7 Å². The number of aromatic nitrogens is 1. The summed E-state index contributed by atoms with van der Waals surface area (Å²) in [7, 11) is 1.72. The van der Waals surface area contributed by atoms with E-state index in [2.05, 4.69) is 42.8 Å². The SMILES string of the molecule is C=CCN(CCOC)c1cc(CNCC)cc(CC)n1. The number of hydrogen-bond acceptors (Lipinski definition) is 4. The van der Waals surface area contributed by atoms with Crippen LogP contribution in [-0.4, -0.2) is 38.3 Å². The minimum absolute atomic E-state index is 0.689. The molecule has 4 heteroatoms. The maximum Gasteiger partial charge on any atom is 0.129 e. The van der Waals surface area contributed by atoms with Crippen molar-refractivity contribution in [3.63, 3.8) is 0 Å². The molecule has 0 unspecified atom stereocenters. The number of pyridine rings is 1. The molecule has 0 atom stereocenters. The van der Waals surface area contributed by atoms with Gasteiger partial charge in [-0.1, -0.05) is 19.9 Å². The number of nitrogens with zero attached hydrogens (tertiary/aromatic N) is 2. The molecule has 112 valence electrons. The molecule has 0 aliphatic rings. The highest BCUT2D eigenvalue weighted by Crippen LogP contribution is 2.16. The zero-order valence-corrected chi connectivity index (χ0v) is 13.0. The highest BCUT2D eigenvalue weighted by atomic mass is 16.5. The number of aryl methyl sites for hydroxylation is 1. The number of anilines is 1. The quantitative estimate of drug-likeness (QED) is 0.666. The predicted octanol–water partition coefficient (Wildman–Crippen LogP) is 2.39. The molecule has 0 aliphatic carbocycles. The van der Waals surface area contributed by atoms with Crippen LogP contribution < -0.4 is 10.2 Å². The first kappa shape index (κ1) is 16.7. The third-order valence-electron chi connectivity index (χ3n) is 3.10. The second kappa shape index (κ2) is 9.50. The van der Waals surface area contributed by atoms with Crippen LogP contribution in [0.3, 0.4) is 0 Å². The third-order valence-corrected chi connectivity index (χ3v) is 3.10. The lowest BCUT2D eigenvalue weighted by Gasteiger charge is -2.23. The second-order valence-corrected chi connectivity index (χ2v) is 4.69. The molecule has 1 N–H and O–H groups in total. The van der Waals surface area contributed by atoms with E-state index in [1.165, 1.54) is 5.56 Å². The minimum Gasteiger partial charge on any atom is -0.383 e. The molecule has 0 bridgehead atoms. The number of ether oxygens (including phenoxy) is 1. The Kier molecular flexibility index (Phi) is 7.92. The van der Waals surface area contributed by atoms with E-state index in [9.17, 15) is 0 Å². The Hall–Kier alpha value is -1.39. The van der Waals surface area contributed by atoms with Crippen molar-refractivity contribution in [2.45, 2.75) is 26.8 Å². The smallest absolute Gasteiger partial charge is 0.129 e. The number of rotatable bonds is 10. The van der Waals surface area contributed by atoms with Gasteiger partial charge in [0.15, 0.2) is 0 Å². The first-order chi connectivity index (χ1) is 9.74. The molecule has 0 saturated heterocycles. The molecule has 0 radical (unpaired) electrons. The lowest BCUT2D eigenvalue weighted by atomic mass is 10.2. The Labute approximate surface area is 122 Å². The van der Waals surface area contributed by atoms with Gasteiger partial charge in [0.25, 0.3) is 0 Å². The maximum absolute atomic E-state index is 5.18. The van der Waals surface area contributed by atoms with Crippen molar-refractivity contribution in [2.24, 2.45) is 0 Å². The van der Waals surface area contributed by atoms with Crippen LogP contribution in [0.4, 0.5) is 5.82 Å². The van der Waals surface area contributed by atoms with Crippen LogP contribution >= 0.6 is 0 Å². The van der Waals surface area contributed by atoms with Crippen molar-refractivity contribution in [1.82, 2.24) is 10.3 Å². The van der Waals surface area contributed by atoms with Crippen molar-refractivity contribution in [1.29, 1.82) is 0 Å². The molecule has 0 spiro atoms. The standard InChI is InChI=1S/C16H27N3O/c1-5-8-19(9-10-20-4)16-12-14(13-17-7-3)11-15(6-2)18-16/h5,11-12,17H,1,6-10,13H2,2-4H3. The van der Waals surface area contributed by atoms with E-state index in [0.29, 0.717) is 6.61 Å². The average Bonchev–Trinajstić information content (AvgIpc) is 2.49. The average molecular weight is 277 g/mol. The fourth-order valence-electron chi connectivity index (χ4n) is 2.00. The van der Waals surface area contributed by atoms with Gasteiger partial charge in [0.05, 0.1) is 6.61 Å². The summed E-state index contributed by atoms with van der Waals surface area (Å²) in [5.74, 6) is 1.01. The number of hydrogen-bond donors (Lipinski definition) is 1. The van der Waals surface area contributed by atoms with Gasteiger partial charge in [-0.3, -0.25) is 0 Å². The van der Waals surface area contributed by atoms with E-state index in [1.807, 2.05) is 6.08 Å². The first-order valence-electron chi connectivity index (χ1n) is 7.30. The Morgan fingerprint density at radius 1 is 1.40 bits per heavy atom. The van der Waals surface area contributed by atoms with Gasteiger partial charge in [0, 0.05) is 32.4 Å². The summed E-state index contributed by atoms with van der Waals surface area (Å²) >= 11 is 0. The maximum atomic E-state index is 5.18. The molecule has 0 aliphatic heterocycles. The normalized spacial score (nSPS) is 10.6. The monoisotopic (exact) mass is 277 g/mol. The summed E-state index contributed by atoms with van der Waals surface area (Å²) in [5, 5.41) is 3.37. The fourth-order valence-corrected chi connectivity index (χ4v) is 2.00. The highest BCUT2D eigenvalue weighted by Gasteiger charge is 2.09. The molecule has 1 aromatic heterocycles. The summed E-state index contributed by atoms with van der Waals surface area (Å²) < 4.78 is 5.18. The molecule has 0 aromatic carbocycles. The molecule has 0 saturated carbocycles. The van der Waals surface area contributed by atoms with Crippen molar-refractivity contribution < 1.29 is 4.74 Å². The van der Waals surface area contributed by atoms with Crippen molar-refractivity contribution in [3.05, 3.63) is 36.0 Å². The third kappa shape index (κ3) is 5.31. The van der Waals surface area contributed by atoms with Crippen LogP contribution in [0.2, 0.25) is 0 Å².